The molecule has 132 valence electrons. The Kier molecular flexibility index (Phi) is 4.94. The van der Waals surface area contributed by atoms with E-state index in [2.05, 4.69) is 4.98 Å². The lowest BCUT2D eigenvalue weighted by molar-refractivity contribution is -0.0455. The third-order valence-corrected chi connectivity index (χ3v) is 7.49. The Bertz CT molecular complexity index is 778. The van der Waals surface area contributed by atoms with Gasteiger partial charge in [0.2, 0.25) is 0 Å². The van der Waals surface area contributed by atoms with E-state index in [9.17, 15) is 8.42 Å². The molecule has 1 aromatic heterocycles. The molecule has 3 atom stereocenters. The zero-order valence-corrected chi connectivity index (χ0v) is 16.0. The molecule has 0 bridgehead atoms. The van der Waals surface area contributed by atoms with Gasteiger partial charge in [0.25, 0.3) is 10.2 Å². The SMILES string of the molecule is CC1CN(S(=O)(=O)N(C)C(C)c2nc3ccccc3s2)CC(C)O1. The van der Waals surface area contributed by atoms with Crippen LogP contribution in [0.25, 0.3) is 10.2 Å². The van der Waals surface area contributed by atoms with Crippen molar-refractivity contribution in [3.05, 3.63) is 29.3 Å². The third kappa shape index (κ3) is 3.34. The van der Waals surface area contributed by atoms with Crippen LogP contribution in [0.4, 0.5) is 0 Å². The summed E-state index contributed by atoms with van der Waals surface area (Å²) in [5.74, 6) is 0. The highest BCUT2D eigenvalue weighted by atomic mass is 32.2. The van der Waals surface area contributed by atoms with E-state index in [1.165, 1.54) is 19.9 Å². The number of ether oxygens (including phenoxy) is 1. The van der Waals surface area contributed by atoms with Gasteiger partial charge in [0.05, 0.1) is 28.5 Å². The highest BCUT2D eigenvalue weighted by Gasteiger charge is 2.36. The highest BCUT2D eigenvalue weighted by Crippen LogP contribution is 2.31. The molecule has 0 N–H and O–H groups in total. The van der Waals surface area contributed by atoms with Crippen LogP contribution in [0.2, 0.25) is 0 Å². The van der Waals surface area contributed by atoms with E-state index in [0.717, 1.165) is 15.2 Å². The predicted octanol–water partition coefficient (Wildman–Crippen LogP) is 2.64. The highest BCUT2D eigenvalue weighted by molar-refractivity contribution is 7.86. The first-order chi connectivity index (χ1) is 11.3. The number of thiazole rings is 1. The first-order valence-corrected chi connectivity index (χ1v) is 10.2. The predicted molar refractivity (Wildman–Crippen MR) is 96.3 cm³/mol. The van der Waals surface area contributed by atoms with Crippen molar-refractivity contribution < 1.29 is 13.2 Å². The molecule has 24 heavy (non-hydrogen) atoms. The number of nitrogens with zero attached hydrogens (tertiary/aromatic N) is 3. The summed E-state index contributed by atoms with van der Waals surface area (Å²) >= 11 is 1.54. The summed E-state index contributed by atoms with van der Waals surface area (Å²) in [6, 6.07) is 7.53. The lowest BCUT2D eigenvalue weighted by Crippen LogP contribution is -2.52. The number of benzene rings is 1. The molecule has 0 saturated carbocycles. The van der Waals surface area contributed by atoms with Gasteiger partial charge < -0.3 is 4.74 Å². The molecule has 1 aliphatic heterocycles. The first kappa shape index (κ1) is 17.8. The Morgan fingerprint density at radius 3 is 2.54 bits per heavy atom. The van der Waals surface area contributed by atoms with E-state index in [4.69, 9.17) is 4.74 Å². The molecule has 3 rings (SSSR count). The minimum atomic E-state index is -3.56. The van der Waals surface area contributed by atoms with Gasteiger partial charge in [-0.1, -0.05) is 12.1 Å². The van der Waals surface area contributed by atoms with Crippen molar-refractivity contribution in [3.8, 4) is 0 Å². The van der Waals surface area contributed by atoms with Crippen molar-refractivity contribution in [2.75, 3.05) is 20.1 Å². The maximum atomic E-state index is 13.0. The summed E-state index contributed by atoms with van der Waals surface area (Å²) < 4.78 is 35.6. The summed E-state index contributed by atoms with van der Waals surface area (Å²) in [4.78, 5) is 4.59. The second-order valence-electron chi connectivity index (χ2n) is 6.29. The summed E-state index contributed by atoms with van der Waals surface area (Å²) in [5.41, 5.74) is 0.906. The smallest absolute Gasteiger partial charge is 0.282 e. The monoisotopic (exact) mass is 369 g/mol. The molecule has 0 radical (unpaired) electrons. The van der Waals surface area contributed by atoms with Crippen molar-refractivity contribution in [1.82, 2.24) is 13.6 Å². The van der Waals surface area contributed by atoms with Crippen LogP contribution >= 0.6 is 11.3 Å². The van der Waals surface area contributed by atoms with Crippen LogP contribution in [0.5, 0.6) is 0 Å². The van der Waals surface area contributed by atoms with E-state index >= 15 is 0 Å². The zero-order valence-electron chi connectivity index (χ0n) is 14.3. The number of rotatable bonds is 4. The molecule has 6 nitrogen and oxygen atoms in total. The summed E-state index contributed by atoms with van der Waals surface area (Å²) in [5, 5.41) is 0.802. The summed E-state index contributed by atoms with van der Waals surface area (Å²) in [6.45, 7) is 6.43. The van der Waals surface area contributed by atoms with Crippen molar-refractivity contribution >= 4 is 31.8 Å². The molecule has 8 heteroatoms. The number of hydrogen-bond acceptors (Lipinski definition) is 5. The van der Waals surface area contributed by atoms with Gasteiger partial charge in [-0.25, -0.2) is 4.98 Å². The van der Waals surface area contributed by atoms with Crippen LogP contribution in [0.3, 0.4) is 0 Å². The minimum absolute atomic E-state index is 0.102. The fourth-order valence-electron chi connectivity index (χ4n) is 2.93. The average molecular weight is 370 g/mol. The molecule has 1 aromatic carbocycles. The Hall–Kier alpha value is -1.06. The van der Waals surface area contributed by atoms with Gasteiger partial charge in [0.15, 0.2) is 0 Å². The Morgan fingerprint density at radius 1 is 1.29 bits per heavy atom. The fourth-order valence-corrected chi connectivity index (χ4v) is 5.72. The number of para-hydroxylation sites is 1. The third-order valence-electron chi connectivity index (χ3n) is 4.29. The van der Waals surface area contributed by atoms with Crippen molar-refractivity contribution in [2.45, 2.75) is 39.0 Å². The van der Waals surface area contributed by atoms with Crippen LogP contribution in [0.1, 0.15) is 31.8 Å². The maximum Gasteiger partial charge on any atom is 0.282 e. The van der Waals surface area contributed by atoms with Gasteiger partial charge >= 0.3 is 0 Å². The molecule has 3 unspecified atom stereocenters. The van der Waals surface area contributed by atoms with Gasteiger partial charge in [-0.05, 0) is 32.9 Å². The van der Waals surface area contributed by atoms with Gasteiger partial charge in [0, 0.05) is 20.1 Å². The van der Waals surface area contributed by atoms with E-state index in [1.807, 2.05) is 45.0 Å². The molecule has 1 saturated heterocycles. The van der Waals surface area contributed by atoms with Crippen LogP contribution < -0.4 is 0 Å². The van der Waals surface area contributed by atoms with Crippen molar-refractivity contribution in [1.29, 1.82) is 0 Å². The zero-order chi connectivity index (χ0) is 17.5. The van der Waals surface area contributed by atoms with Gasteiger partial charge in [-0.2, -0.15) is 17.0 Å². The number of aromatic nitrogens is 1. The Balaban J connectivity index is 1.84. The molecule has 2 aromatic rings. The number of hydrogen-bond donors (Lipinski definition) is 0. The lowest BCUT2D eigenvalue weighted by Gasteiger charge is -2.37. The quantitative estimate of drug-likeness (QED) is 0.831. The molecule has 0 amide bonds. The molecule has 2 heterocycles. The maximum absolute atomic E-state index is 13.0. The van der Waals surface area contributed by atoms with Gasteiger partial charge in [-0.15, -0.1) is 11.3 Å². The number of morpholine rings is 1. The fraction of sp³-hybridized carbons (Fsp3) is 0.562. The van der Waals surface area contributed by atoms with Crippen molar-refractivity contribution in [2.24, 2.45) is 0 Å². The minimum Gasteiger partial charge on any atom is -0.373 e. The molecule has 0 spiro atoms. The normalized spacial score (nSPS) is 24.5. The molecule has 1 fully saturated rings. The van der Waals surface area contributed by atoms with Gasteiger partial charge in [-0.3, -0.25) is 0 Å². The second-order valence-corrected chi connectivity index (χ2v) is 9.34. The van der Waals surface area contributed by atoms with Crippen molar-refractivity contribution in [3.63, 3.8) is 0 Å². The average Bonchev–Trinajstić information content (AvgIpc) is 2.96. The Morgan fingerprint density at radius 2 is 1.92 bits per heavy atom. The largest absolute Gasteiger partial charge is 0.373 e. The van der Waals surface area contributed by atoms with Crippen LogP contribution in [0.15, 0.2) is 24.3 Å². The van der Waals surface area contributed by atoms with E-state index < -0.39 is 10.2 Å². The number of fused-ring (bicyclic) bond motifs is 1. The van der Waals surface area contributed by atoms with Crippen LogP contribution in [-0.2, 0) is 14.9 Å². The van der Waals surface area contributed by atoms with Gasteiger partial charge in [0.1, 0.15) is 5.01 Å². The van der Waals surface area contributed by atoms with E-state index in [1.54, 1.807) is 7.05 Å². The molecule has 1 aliphatic rings. The molecule has 0 aliphatic carbocycles. The molecular weight excluding hydrogens is 346 g/mol. The topological polar surface area (TPSA) is 62.7 Å². The standard InChI is InChI=1S/C16H23N3O3S2/c1-11-9-19(10-12(2)22-11)24(20,21)18(4)13(3)16-17-14-7-5-6-8-15(14)23-16/h5-8,11-13H,9-10H2,1-4H3. The lowest BCUT2D eigenvalue weighted by atomic mass is 10.3. The summed E-state index contributed by atoms with van der Waals surface area (Å²) in [6.07, 6.45) is -0.204. The first-order valence-electron chi connectivity index (χ1n) is 8.03. The van der Waals surface area contributed by atoms with E-state index in [-0.39, 0.29) is 18.2 Å². The molecular formula is C16H23N3O3S2. The van der Waals surface area contributed by atoms with E-state index in [0.29, 0.717) is 13.1 Å². The van der Waals surface area contributed by atoms with Crippen LogP contribution in [0, 0.1) is 0 Å². The van der Waals surface area contributed by atoms with Crippen LogP contribution in [-0.4, -0.2) is 54.4 Å². The second kappa shape index (κ2) is 6.68. The Labute approximate surface area is 147 Å². The summed E-state index contributed by atoms with van der Waals surface area (Å²) in [7, 11) is -1.94.